The smallest absolute Gasteiger partial charge is 0.165 e. The number of nitrogens with two attached hydrogens (primary N) is 1. The van der Waals surface area contributed by atoms with E-state index >= 15 is 0 Å². The number of pyridine rings is 1. The second kappa shape index (κ2) is 4.85. The van der Waals surface area contributed by atoms with Crippen molar-refractivity contribution >= 4 is 11.5 Å². The Labute approximate surface area is 108 Å². The Morgan fingerprint density at radius 3 is 2.67 bits per heavy atom. The number of nitriles is 1. The van der Waals surface area contributed by atoms with Crippen molar-refractivity contribution < 1.29 is 0 Å². The molecule has 4 heteroatoms. The number of hydrogen-bond donors (Lipinski definition) is 1. The molecule has 2 heterocycles. The molecular formula is C14H20N4. The van der Waals surface area contributed by atoms with Crippen molar-refractivity contribution in [2.75, 3.05) is 23.7 Å². The molecule has 0 atom stereocenters. The van der Waals surface area contributed by atoms with Gasteiger partial charge in [-0.1, -0.05) is 20.3 Å². The van der Waals surface area contributed by atoms with Gasteiger partial charge in [0, 0.05) is 13.1 Å². The van der Waals surface area contributed by atoms with Crippen LogP contribution in [-0.2, 0) is 0 Å². The largest absolute Gasteiger partial charge is 0.396 e. The van der Waals surface area contributed by atoms with E-state index in [1.807, 2.05) is 12.1 Å². The lowest BCUT2D eigenvalue weighted by atomic mass is 9.78. The summed E-state index contributed by atoms with van der Waals surface area (Å²) in [5.74, 6) is 0.874. The molecule has 1 aromatic rings. The molecule has 0 unspecified atom stereocenters. The lowest BCUT2D eigenvalue weighted by Crippen LogP contribution is -2.38. The molecule has 18 heavy (non-hydrogen) atoms. The Morgan fingerprint density at radius 1 is 1.44 bits per heavy atom. The minimum absolute atomic E-state index is 0.330. The van der Waals surface area contributed by atoms with E-state index in [1.165, 1.54) is 19.3 Å². The van der Waals surface area contributed by atoms with E-state index in [-0.39, 0.29) is 0 Å². The summed E-state index contributed by atoms with van der Waals surface area (Å²) in [5, 5.41) is 8.95. The van der Waals surface area contributed by atoms with Gasteiger partial charge in [-0.05, 0) is 30.4 Å². The van der Waals surface area contributed by atoms with E-state index in [9.17, 15) is 0 Å². The number of aromatic nitrogens is 1. The molecule has 1 saturated heterocycles. The Morgan fingerprint density at radius 2 is 2.11 bits per heavy atom. The summed E-state index contributed by atoms with van der Waals surface area (Å²) in [6, 6.07) is 5.72. The highest BCUT2D eigenvalue weighted by atomic mass is 15.2. The quantitative estimate of drug-likeness (QED) is 0.868. The molecule has 1 aliphatic heterocycles. The van der Waals surface area contributed by atoms with Gasteiger partial charge < -0.3 is 10.6 Å². The van der Waals surface area contributed by atoms with Gasteiger partial charge in [-0.15, -0.1) is 0 Å². The molecule has 0 bridgehead atoms. The Balaban J connectivity index is 2.13. The number of nitrogens with zero attached hydrogens (tertiary/aromatic N) is 3. The average Bonchev–Trinajstić information content (AvgIpc) is 2.40. The van der Waals surface area contributed by atoms with Gasteiger partial charge in [0.05, 0.1) is 5.69 Å². The maximum absolute atomic E-state index is 8.95. The fourth-order valence-electron chi connectivity index (χ4n) is 2.35. The lowest BCUT2D eigenvalue weighted by molar-refractivity contribution is 0.238. The van der Waals surface area contributed by atoms with Crippen molar-refractivity contribution in [1.82, 2.24) is 4.98 Å². The van der Waals surface area contributed by atoms with Crippen LogP contribution in [0.1, 0.15) is 38.8 Å². The zero-order chi connectivity index (χ0) is 13.2. The fourth-order valence-corrected chi connectivity index (χ4v) is 2.35. The number of piperidine rings is 1. The Bertz CT molecular complexity index is 467. The standard InChI is InChI=1S/C14H20N4/c1-3-14(2)6-8-18(9-7-14)13-5-4-11(16)12(10-15)17-13/h4-5H,3,6-9,16H2,1-2H3. The van der Waals surface area contributed by atoms with Gasteiger partial charge in [-0.2, -0.15) is 5.26 Å². The normalized spacial score (nSPS) is 18.4. The molecule has 2 N–H and O–H groups in total. The average molecular weight is 244 g/mol. The Kier molecular flexibility index (Phi) is 3.42. The van der Waals surface area contributed by atoms with Gasteiger partial charge in [0.15, 0.2) is 5.69 Å². The summed E-state index contributed by atoms with van der Waals surface area (Å²) in [5.41, 5.74) is 6.94. The van der Waals surface area contributed by atoms with Gasteiger partial charge >= 0.3 is 0 Å². The summed E-state index contributed by atoms with van der Waals surface area (Å²) >= 11 is 0. The summed E-state index contributed by atoms with van der Waals surface area (Å²) < 4.78 is 0. The van der Waals surface area contributed by atoms with Crippen molar-refractivity contribution in [2.45, 2.75) is 33.1 Å². The van der Waals surface area contributed by atoms with Crippen molar-refractivity contribution in [3.8, 4) is 6.07 Å². The van der Waals surface area contributed by atoms with Crippen molar-refractivity contribution in [3.63, 3.8) is 0 Å². The highest BCUT2D eigenvalue weighted by Crippen LogP contribution is 2.35. The zero-order valence-corrected chi connectivity index (χ0v) is 11.1. The fraction of sp³-hybridized carbons (Fsp3) is 0.571. The predicted molar refractivity (Wildman–Crippen MR) is 73.2 cm³/mol. The van der Waals surface area contributed by atoms with Crippen LogP contribution in [0.25, 0.3) is 0 Å². The first kappa shape index (κ1) is 12.7. The molecule has 0 aromatic carbocycles. The van der Waals surface area contributed by atoms with Crippen LogP contribution in [0.15, 0.2) is 12.1 Å². The highest BCUT2D eigenvalue weighted by molar-refractivity contribution is 5.55. The minimum Gasteiger partial charge on any atom is -0.396 e. The van der Waals surface area contributed by atoms with Crippen LogP contribution >= 0.6 is 0 Å². The second-order valence-corrected chi connectivity index (χ2v) is 5.37. The van der Waals surface area contributed by atoms with E-state index in [4.69, 9.17) is 11.0 Å². The molecule has 0 radical (unpaired) electrons. The maximum Gasteiger partial charge on any atom is 0.165 e. The number of nitrogen functional groups attached to an aromatic ring is 1. The van der Waals surface area contributed by atoms with E-state index < -0.39 is 0 Å². The van der Waals surface area contributed by atoms with Crippen LogP contribution in [0.2, 0.25) is 0 Å². The molecule has 0 aliphatic carbocycles. The molecule has 96 valence electrons. The molecule has 4 nitrogen and oxygen atoms in total. The van der Waals surface area contributed by atoms with Crippen LogP contribution in [0.3, 0.4) is 0 Å². The van der Waals surface area contributed by atoms with Crippen LogP contribution in [0.5, 0.6) is 0 Å². The SMILES string of the molecule is CCC1(C)CCN(c2ccc(N)c(C#N)n2)CC1. The van der Waals surface area contributed by atoms with Gasteiger partial charge in [0.1, 0.15) is 11.9 Å². The minimum atomic E-state index is 0.330. The van der Waals surface area contributed by atoms with Crippen LogP contribution in [0, 0.1) is 16.7 Å². The van der Waals surface area contributed by atoms with E-state index in [0.29, 0.717) is 16.8 Å². The lowest BCUT2D eigenvalue weighted by Gasteiger charge is -2.39. The first-order valence-electron chi connectivity index (χ1n) is 6.49. The molecule has 2 rings (SSSR count). The molecular weight excluding hydrogens is 224 g/mol. The number of hydrogen-bond acceptors (Lipinski definition) is 4. The molecule has 1 fully saturated rings. The van der Waals surface area contributed by atoms with Crippen LogP contribution in [-0.4, -0.2) is 18.1 Å². The predicted octanol–water partition coefficient (Wildman–Crippen LogP) is 2.55. The Hall–Kier alpha value is -1.76. The van der Waals surface area contributed by atoms with Gasteiger partial charge in [-0.3, -0.25) is 0 Å². The van der Waals surface area contributed by atoms with Crippen LogP contribution < -0.4 is 10.6 Å². The van der Waals surface area contributed by atoms with Gasteiger partial charge in [-0.25, -0.2) is 4.98 Å². The van der Waals surface area contributed by atoms with E-state index in [0.717, 1.165) is 18.9 Å². The van der Waals surface area contributed by atoms with Crippen LogP contribution in [0.4, 0.5) is 11.5 Å². The third kappa shape index (κ3) is 2.40. The third-order valence-electron chi connectivity index (χ3n) is 4.17. The third-order valence-corrected chi connectivity index (χ3v) is 4.17. The van der Waals surface area contributed by atoms with Crippen molar-refractivity contribution in [3.05, 3.63) is 17.8 Å². The molecule has 1 aliphatic rings. The summed E-state index contributed by atoms with van der Waals surface area (Å²) in [7, 11) is 0. The second-order valence-electron chi connectivity index (χ2n) is 5.37. The van der Waals surface area contributed by atoms with Crippen molar-refractivity contribution in [2.24, 2.45) is 5.41 Å². The molecule has 1 aromatic heterocycles. The topological polar surface area (TPSA) is 65.9 Å². The van der Waals surface area contributed by atoms with Gasteiger partial charge in [0.2, 0.25) is 0 Å². The van der Waals surface area contributed by atoms with E-state index in [1.54, 1.807) is 6.07 Å². The maximum atomic E-state index is 8.95. The summed E-state index contributed by atoms with van der Waals surface area (Å²) in [6.45, 7) is 6.62. The first-order valence-corrected chi connectivity index (χ1v) is 6.49. The van der Waals surface area contributed by atoms with Crippen molar-refractivity contribution in [1.29, 1.82) is 5.26 Å². The summed E-state index contributed by atoms with van der Waals surface area (Å²) in [4.78, 5) is 6.58. The van der Waals surface area contributed by atoms with Gasteiger partial charge in [0.25, 0.3) is 0 Å². The number of rotatable bonds is 2. The first-order chi connectivity index (χ1) is 8.58. The highest BCUT2D eigenvalue weighted by Gasteiger charge is 2.28. The monoisotopic (exact) mass is 244 g/mol. The molecule has 0 spiro atoms. The molecule has 0 amide bonds. The number of anilines is 2. The van der Waals surface area contributed by atoms with E-state index in [2.05, 4.69) is 23.7 Å². The molecule has 0 saturated carbocycles. The summed E-state index contributed by atoms with van der Waals surface area (Å²) in [6.07, 6.45) is 3.58. The zero-order valence-electron chi connectivity index (χ0n) is 11.1.